The number of carbonyl (C=O) groups excluding carboxylic acids is 1. The Bertz CT molecular complexity index is 999. The molecular formula is C22H23Cl3N4O2. The summed E-state index contributed by atoms with van der Waals surface area (Å²) < 4.78 is 0. The third-order valence-corrected chi connectivity index (χ3v) is 6.43. The Morgan fingerprint density at radius 3 is 2.52 bits per heavy atom. The van der Waals surface area contributed by atoms with E-state index in [4.69, 9.17) is 34.8 Å². The summed E-state index contributed by atoms with van der Waals surface area (Å²) in [5.74, 6) is -0.504. The fraction of sp³-hybridized carbons (Fsp3) is 0.364. The number of hydrazine groups is 1. The van der Waals surface area contributed by atoms with Gasteiger partial charge in [-0.2, -0.15) is 5.10 Å². The maximum Gasteiger partial charge on any atom is 0.282 e. The summed E-state index contributed by atoms with van der Waals surface area (Å²) in [6, 6.07) is 12.4. The number of rotatable bonds is 4. The average Bonchev–Trinajstić information content (AvgIpc) is 3.06. The van der Waals surface area contributed by atoms with Crippen LogP contribution in [0.2, 0.25) is 15.1 Å². The van der Waals surface area contributed by atoms with E-state index in [0.717, 1.165) is 18.4 Å². The van der Waals surface area contributed by atoms with Gasteiger partial charge in [-0.3, -0.25) is 15.2 Å². The second kappa shape index (κ2) is 9.35. The first-order valence-electron chi connectivity index (χ1n) is 10.2. The van der Waals surface area contributed by atoms with E-state index in [1.54, 1.807) is 28.2 Å². The molecule has 1 fully saturated rings. The van der Waals surface area contributed by atoms with E-state index in [2.05, 4.69) is 10.5 Å². The van der Waals surface area contributed by atoms with Gasteiger partial charge in [0.05, 0.1) is 22.9 Å². The lowest BCUT2D eigenvalue weighted by Crippen LogP contribution is -2.51. The zero-order chi connectivity index (χ0) is 22.1. The van der Waals surface area contributed by atoms with Crippen LogP contribution in [0.5, 0.6) is 0 Å². The number of aliphatic hydroxyl groups is 1. The first kappa shape index (κ1) is 22.4. The third-order valence-electron chi connectivity index (χ3n) is 5.64. The Balaban J connectivity index is 1.67. The summed E-state index contributed by atoms with van der Waals surface area (Å²) in [4.78, 5) is 13.1. The van der Waals surface area contributed by atoms with Crippen molar-refractivity contribution in [3.63, 3.8) is 0 Å². The van der Waals surface area contributed by atoms with E-state index >= 15 is 0 Å². The molecule has 2 aromatic rings. The van der Waals surface area contributed by atoms with Gasteiger partial charge < -0.3 is 5.11 Å². The zero-order valence-corrected chi connectivity index (χ0v) is 19.2. The standard InChI is InChI=1S/C22H23Cl3N4O2/c1-13-20(22(31)27-28-10-2-3-17(30)12-28)26-29(19-9-8-16(24)11-18(19)25)21(13)14-4-6-15(23)7-5-14/h4-9,11,13,17,21,30H,2-3,10,12H2,1H3,(H,27,31)/t13-,17?,21+/m1/s1. The van der Waals surface area contributed by atoms with E-state index in [-0.39, 0.29) is 17.9 Å². The fourth-order valence-corrected chi connectivity index (χ4v) is 4.72. The van der Waals surface area contributed by atoms with Crippen LogP contribution >= 0.6 is 34.8 Å². The number of aliphatic hydroxyl groups excluding tert-OH is 1. The van der Waals surface area contributed by atoms with Crippen LogP contribution in [0, 0.1) is 5.92 Å². The highest BCUT2D eigenvalue weighted by molar-refractivity contribution is 6.41. The minimum atomic E-state index is -0.442. The number of hydrazone groups is 1. The Kier molecular flexibility index (Phi) is 6.74. The number of hydrogen-bond donors (Lipinski definition) is 2. The molecule has 1 saturated heterocycles. The summed E-state index contributed by atoms with van der Waals surface area (Å²) >= 11 is 18.6. The highest BCUT2D eigenvalue weighted by atomic mass is 35.5. The summed E-state index contributed by atoms with van der Waals surface area (Å²) in [7, 11) is 0. The van der Waals surface area contributed by atoms with E-state index in [0.29, 0.717) is 39.6 Å². The van der Waals surface area contributed by atoms with Crippen LogP contribution in [0.3, 0.4) is 0 Å². The molecule has 31 heavy (non-hydrogen) atoms. The van der Waals surface area contributed by atoms with Crippen LogP contribution in [0.1, 0.15) is 31.4 Å². The van der Waals surface area contributed by atoms with Gasteiger partial charge in [0, 0.05) is 29.1 Å². The second-order valence-corrected chi connectivity index (χ2v) is 9.17. The summed E-state index contributed by atoms with van der Waals surface area (Å²) in [5, 5.41) is 19.7. The van der Waals surface area contributed by atoms with Crippen LogP contribution in [0.4, 0.5) is 5.69 Å². The van der Waals surface area contributed by atoms with E-state index in [1.807, 2.05) is 31.2 Å². The Labute approximate surface area is 196 Å². The smallest absolute Gasteiger partial charge is 0.282 e. The zero-order valence-electron chi connectivity index (χ0n) is 16.9. The van der Waals surface area contributed by atoms with Crippen molar-refractivity contribution in [3.8, 4) is 0 Å². The van der Waals surface area contributed by atoms with Crippen molar-refractivity contribution in [2.24, 2.45) is 11.0 Å². The molecule has 6 nitrogen and oxygen atoms in total. The lowest BCUT2D eigenvalue weighted by Gasteiger charge is -2.30. The largest absolute Gasteiger partial charge is 0.392 e. The third kappa shape index (κ3) is 4.83. The number of piperidine rings is 1. The second-order valence-electron chi connectivity index (χ2n) is 7.89. The van der Waals surface area contributed by atoms with Crippen molar-refractivity contribution in [1.82, 2.24) is 10.4 Å². The molecule has 0 bridgehead atoms. The van der Waals surface area contributed by atoms with Crippen molar-refractivity contribution in [2.75, 3.05) is 18.1 Å². The lowest BCUT2D eigenvalue weighted by atomic mass is 9.91. The maximum absolute atomic E-state index is 13.1. The molecule has 4 rings (SSSR count). The molecule has 2 N–H and O–H groups in total. The van der Waals surface area contributed by atoms with Gasteiger partial charge in [-0.05, 0) is 48.7 Å². The SMILES string of the molecule is C[C@@H]1C(C(=O)NN2CCCC(O)C2)=NN(c2ccc(Cl)cc2Cl)[C@@H]1c1ccc(Cl)cc1. The molecule has 0 saturated carbocycles. The van der Waals surface area contributed by atoms with Crippen molar-refractivity contribution >= 4 is 52.1 Å². The predicted octanol–water partition coefficient (Wildman–Crippen LogP) is 4.69. The lowest BCUT2D eigenvalue weighted by molar-refractivity contribution is -0.120. The molecule has 2 aromatic carbocycles. The van der Waals surface area contributed by atoms with Crippen LogP contribution in [0.25, 0.3) is 0 Å². The molecule has 3 atom stereocenters. The normalized spacial score (nSPS) is 24.2. The number of halogens is 3. The van der Waals surface area contributed by atoms with Gasteiger partial charge >= 0.3 is 0 Å². The van der Waals surface area contributed by atoms with Gasteiger partial charge in [-0.1, -0.05) is 53.9 Å². The number of nitrogens with zero attached hydrogens (tertiary/aromatic N) is 3. The molecule has 0 aromatic heterocycles. The van der Waals surface area contributed by atoms with Gasteiger partial charge in [0.25, 0.3) is 5.91 Å². The number of hydrogen-bond acceptors (Lipinski definition) is 5. The minimum absolute atomic E-state index is 0.220. The number of anilines is 1. The number of benzene rings is 2. The Hall–Kier alpha value is -1.83. The van der Waals surface area contributed by atoms with Crippen molar-refractivity contribution in [1.29, 1.82) is 0 Å². The van der Waals surface area contributed by atoms with Crippen LogP contribution < -0.4 is 10.4 Å². The fourth-order valence-electron chi connectivity index (χ4n) is 4.10. The van der Waals surface area contributed by atoms with E-state index in [1.165, 1.54) is 0 Å². The van der Waals surface area contributed by atoms with Gasteiger partial charge in [-0.15, -0.1) is 0 Å². The molecule has 2 aliphatic heterocycles. The van der Waals surface area contributed by atoms with Crippen molar-refractivity contribution in [3.05, 3.63) is 63.1 Å². The van der Waals surface area contributed by atoms with Gasteiger partial charge in [0.15, 0.2) is 0 Å². The number of amides is 1. The molecule has 1 amide bonds. The molecule has 0 radical (unpaired) electrons. The summed E-state index contributed by atoms with van der Waals surface area (Å²) in [6.07, 6.45) is 1.12. The highest BCUT2D eigenvalue weighted by Crippen LogP contribution is 2.42. The molecule has 164 valence electrons. The maximum atomic E-state index is 13.1. The number of β-amino-alcohol motifs (C(OH)–C–C–N with tert-alkyl or cyclic N) is 1. The monoisotopic (exact) mass is 480 g/mol. The highest BCUT2D eigenvalue weighted by Gasteiger charge is 2.40. The molecule has 9 heteroatoms. The first-order chi connectivity index (χ1) is 14.8. The Morgan fingerprint density at radius 1 is 1.13 bits per heavy atom. The molecule has 2 heterocycles. The summed E-state index contributed by atoms with van der Waals surface area (Å²) in [5.41, 5.74) is 4.92. The van der Waals surface area contributed by atoms with Gasteiger partial charge in [0.2, 0.25) is 0 Å². The van der Waals surface area contributed by atoms with Crippen molar-refractivity contribution < 1.29 is 9.90 Å². The van der Waals surface area contributed by atoms with Crippen LogP contribution in [-0.4, -0.2) is 40.9 Å². The van der Waals surface area contributed by atoms with Crippen LogP contribution in [-0.2, 0) is 4.79 Å². The topological polar surface area (TPSA) is 68.2 Å². The molecule has 2 aliphatic rings. The molecule has 0 aliphatic carbocycles. The average molecular weight is 482 g/mol. The van der Waals surface area contributed by atoms with Crippen molar-refractivity contribution in [2.45, 2.75) is 31.9 Å². The molecule has 1 unspecified atom stereocenters. The number of nitrogens with one attached hydrogen (secondary N) is 1. The summed E-state index contributed by atoms with van der Waals surface area (Å²) in [6.45, 7) is 3.06. The first-order valence-corrected chi connectivity index (χ1v) is 11.3. The van der Waals surface area contributed by atoms with Gasteiger partial charge in [-0.25, -0.2) is 5.01 Å². The minimum Gasteiger partial charge on any atom is -0.392 e. The predicted molar refractivity (Wildman–Crippen MR) is 125 cm³/mol. The molecular weight excluding hydrogens is 459 g/mol. The Morgan fingerprint density at radius 2 is 1.84 bits per heavy atom. The van der Waals surface area contributed by atoms with E-state index < -0.39 is 6.10 Å². The quantitative estimate of drug-likeness (QED) is 0.665. The van der Waals surface area contributed by atoms with Crippen LogP contribution in [0.15, 0.2) is 47.6 Å². The van der Waals surface area contributed by atoms with E-state index in [9.17, 15) is 9.90 Å². The van der Waals surface area contributed by atoms with Gasteiger partial charge in [0.1, 0.15) is 5.71 Å². The number of carbonyl (C=O) groups is 1. The molecule has 0 spiro atoms.